The fraction of sp³-hybridized carbons (Fsp3) is 0.333. The van der Waals surface area contributed by atoms with Crippen LogP contribution in [0.3, 0.4) is 0 Å². The molecule has 0 unspecified atom stereocenters. The van der Waals surface area contributed by atoms with Gasteiger partial charge >= 0.3 is 5.97 Å². The Balaban J connectivity index is 3.21. The number of alkyl halides is 2. The van der Waals surface area contributed by atoms with Gasteiger partial charge in [-0.05, 0) is 12.5 Å². The fourth-order valence-corrected chi connectivity index (χ4v) is 1.19. The van der Waals surface area contributed by atoms with Gasteiger partial charge in [-0.3, -0.25) is 4.79 Å². The maximum atomic E-state index is 12.8. The second-order valence-corrected chi connectivity index (χ2v) is 2.98. The van der Waals surface area contributed by atoms with Gasteiger partial charge in [0.05, 0.1) is 12.1 Å². The highest BCUT2D eigenvalue weighted by molar-refractivity contribution is 5.70. The molecule has 0 aliphatic rings. The predicted octanol–water partition coefficient (Wildman–Crippen LogP) is 2.09. The third kappa shape index (κ3) is 2.68. The molecule has 0 fully saturated rings. The molecule has 0 aliphatic heterocycles. The predicted molar refractivity (Wildman–Crippen MR) is 45.2 cm³/mol. The number of carboxylic acid groups (broad SMARTS) is 1. The molecule has 0 amide bonds. The Bertz CT molecular complexity index is 393. The van der Waals surface area contributed by atoms with Crippen molar-refractivity contribution in [2.24, 2.45) is 0 Å². The molecular formula is C9H8F3NO2. The molecule has 0 atom stereocenters. The van der Waals surface area contributed by atoms with E-state index in [2.05, 4.69) is 4.98 Å². The summed E-state index contributed by atoms with van der Waals surface area (Å²) < 4.78 is 37.5. The van der Waals surface area contributed by atoms with E-state index < -0.39 is 30.3 Å². The Kier molecular flexibility index (Phi) is 3.28. The number of rotatable bonds is 3. The van der Waals surface area contributed by atoms with Crippen molar-refractivity contribution in [3.63, 3.8) is 0 Å². The molecule has 1 rings (SSSR count). The summed E-state index contributed by atoms with van der Waals surface area (Å²) in [4.78, 5) is 13.6. The van der Waals surface area contributed by atoms with Crippen molar-refractivity contribution >= 4 is 5.97 Å². The first-order chi connectivity index (χ1) is 6.91. The summed E-state index contributed by atoms with van der Waals surface area (Å²) in [6.45, 7) is 1.30. The zero-order chi connectivity index (χ0) is 11.6. The number of halogens is 3. The summed E-state index contributed by atoms with van der Waals surface area (Å²) in [6.07, 6.45) is -3.40. The van der Waals surface area contributed by atoms with E-state index in [1.165, 1.54) is 6.92 Å². The molecule has 1 aromatic rings. The Morgan fingerprint density at radius 2 is 2.20 bits per heavy atom. The van der Waals surface area contributed by atoms with Gasteiger partial charge in [0.25, 0.3) is 6.43 Å². The van der Waals surface area contributed by atoms with Crippen LogP contribution in [0.2, 0.25) is 0 Å². The van der Waals surface area contributed by atoms with Crippen molar-refractivity contribution in [2.75, 3.05) is 0 Å². The van der Waals surface area contributed by atoms with Gasteiger partial charge < -0.3 is 5.11 Å². The van der Waals surface area contributed by atoms with Crippen LogP contribution in [0.5, 0.6) is 0 Å². The molecule has 0 spiro atoms. The first kappa shape index (κ1) is 11.5. The largest absolute Gasteiger partial charge is 0.481 e. The summed E-state index contributed by atoms with van der Waals surface area (Å²) >= 11 is 0. The molecule has 82 valence electrons. The minimum atomic E-state index is -2.84. The first-order valence-corrected chi connectivity index (χ1v) is 4.07. The lowest BCUT2D eigenvalue weighted by Crippen LogP contribution is -2.08. The molecule has 0 bridgehead atoms. The summed E-state index contributed by atoms with van der Waals surface area (Å²) in [5.74, 6) is -2.33. The van der Waals surface area contributed by atoms with Gasteiger partial charge in [-0.15, -0.1) is 0 Å². The molecule has 0 saturated heterocycles. The second kappa shape index (κ2) is 4.29. The third-order valence-electron chi connectivity index (χ3n) is 1.94. The van der Waals surface area contributed by atoms with Crippen LogP contribution < -0.4 is 0 Å². The summed E-state index contributed by atoms with van der Waals surface area (Å²) in [5.41, 5.74) is -0.662. The monoisotopic (exact) mass is 219 g/mol. The van der Waals surface area contributed by atoms with E-state index in [1.807, 2.05) is 0 Å². The normalized spacial score (nSPS) is 10.7. The molecule has 1 heterocycles. The van der Waals surface area contributed by atoms with Gasteiger partial charge in [-0.1, -0.05) is 0 Å². The molecular weight excluding hydrogens is 211 g/mol. The van der Waals surface area contributed by atoms with Crippen LogP contribution in [-0.2, 0) is 11.2 Å². The van der Waals surface area contributed by atoms with Crippen molar-refractivity contribution < 1.29 is 23.1 Å². The van der Waals surface area contributed by atoms with Crippen molar-refractivity contribution in [3.05, 3.63) is 28.8 Å². The number of hydrogen-bond donors (Lipinski definition) is 1. The standard InChI is InChI=1S/C9H8F3NO2/c1-4-5(9(11)12)2-7(10)13-6(4)3-8(14)15/h2,9H,3H2,1H3,(H,14,15). The maximum absolute atomic E-state index is 12.8. The molecule has 1 aromatic heterocycles. The van der Waals surface area contributed by atoms with Gasteiger partial charge in [-0.25, -0.2) is 13.8 Å². The van der Waals surface area contributed by atoms with Gasteiger partial charge in [0.1, 0.15) is 0 Å². The van der Waals surface area contributed by atoms with E-state index in [4.69, 9.17) is 5.11 Å². The van der Waals surface area contributed by atoms with Crippen LogP contribution in [0.15, 0.2) is 6.07 Å². The van der Waals surface area contributed by atoms with E-state index in [-0.39, 0.29) is 11.3 Å². The van der Waals surface area contributed by atoms with E-state index >= 15 is 0 Å². The number of aromatic nitrogens is 1. The van der Waals surface area contributed by atoms with E-state index in [0.717, 1.165) is 0 Å². The number of hydrogen-bond acceptors (Lipinski definition) is 2. The Morgan fingerprint density at radius 3 is 2.67 bits per heavy atom. The van der Waals surface area contributed by atoms with Crippen LogP contribution in [0.4, 0.5) is 13.2 Å². The molecule has 0 saturated carbocycles. The molecule has 0 radical (unpaired) electrons. The zero-order valence-corrected chi connectivity index (χ0v) is 7.80. The van der Waals surface area contributed by atoms with Crippen molar-refractivity contribution in [3.8, 4) is 0 Å². The average molecular weight is 219 g/mol. The van der Waals surface area contributed by atoms with Crippen molar-refractivity contribution in [1.29, 1.82) is 0 Å². The number of nitrogens with zero attached hydrogens (tertiary/aromatic N) is 1. The number of aliphatic carboxylic acids is 1. The van der Waals surface area contributed by atoms with Gasteiger partial charge in [0.2, 0.25) is 5.95 Å². The molecule has 15 heavy (non-hydrogen) atoms. The Morgan fingerprint density at radius 1 is 1.60 bits per heavy atom. The Labute approximate surface area is 83.6 Å². The number of pyridine rings is 1. The molecule has 3 nitrogen and oxygen atoms in total. The van der Waals surface area contributed by atoms with Crippen molar-refractivity contribution in [2.45, 2.75) is 19.8 Å². The third-order valence-corrected chi connectivity index (χ3v) is 1.94. The summed E-state index contributed by atoms with van der Waals surface area (Å²) in [5, 5.41) is 8.46. The highest BCUT2D eigenvalue weighted by atomic mass is 19.3. The average Bonchev–Trinajstić information content (AvgIpc) is 2.09. The van der Waals surface area contributed by atoms with Crippen LogP contribution in [0.25, 0.3) is 0 Å². The van der Waals surface area contributed by atoms with Gasteiger partial charge in [-0.2, -0.15) is 4.39 Å². The molecule has 6 heteroatoms. The maximum Gasteiger partial charge on any atom is 0.309 e. The van der Waals surface area contributed by atoms with Crippen LogP contribution in [-0.4, -0.2) is 16.1 Å². The SMILES string of the molecule is Cc1c(C(F)F)cc(F)nc1CC(=O)O. The molecule has 1 N–H and O–H groups in total. The summed E-state index contributed by atoms with van der Waals surface area (Å²) in [6, 6.07) is 0.616. The molecule has 0 aliphatic carbocycles. The van der Waals surface area contributed by atoms with Gasteiger partial charge in [0, 0.05) is 11.6 Å². The number of carboxylic acids is 1. The van der Waals surface area contributed by atoms with Crippen LogP contribution in [0, 0.1) is 12.9 Å². The zero-order valence-electron chi connectivity index (χ0n) is 7.80. The topological polar surface area (TPSA) is 50.2 Å². The van der Waals surface area contributed by atoms with E-state index in [9.17, 15) is 18.0 Å². The fourth-order valence-electron chi connectivity index (χ4n) is 1.19. The summed E-state index contributed by atoms with van der Waals surface area (Å²) in [7, 11) is 0. The minimum absolute atomic E-state index is 0.0220. The van der Waals surface area contributed by atoms with E-state index in [0.29, 0.717) is 6.07 Å². The lowest BCUT2D eigenvalue weighted by Gasteiger charge is -2.08. The van der Waals surface area contributed by atoms with Crippen molar-refractivity contribution in [1.82, 2.24) is 4.98 Å². The van der Waals surface area contributed by atoms with E-state index in [1.54, 1.807) is 0 Å². The van der Waals surface area contributed by atoms with Gasteiger partial charge in [0.15, 0.2) is 0 Å². The van der Waals surface area contributed by atoms with Crippen LogP contribution in [0.1, 0.15) is 23.2 Å². The lowest BCUT2D eigenvalue weighted by molar-refractivity contribution is -0.136. The Hall–Kier alpha value is -1.59. The first-order valence-electron chi connectivity index (χ1n) is 4.07. The lowest BCUT2D eigenvalue weighted by atomic mass is 10.1. The highest BCUT2D eigenvalue weighted by Gasteiger charge is 2.17. The smallest absolute Gasteiger partial charge is 0.309 e. The second-order valence-electron chi connectivity index (χ2n) is 2.98. The molecule has 0 aromatic carbocycles. The van der Waals surface area contributed by atoms with Crippen LogP contribution >= 0.6 is 0 Å². The number of carbonyl (C=O) groups is 1. The quantitative estimate of drug-likeness (QED) is 0.792. The minimum Gasteiger partial charge on any atom is -0.481 e. The highest BCUT2D eigenvalue weighted by Crippen LogP contribution is 2.24.